The molecule has 0 aromatic heterocycles. The van der Waals surface area contributed by atoms with E-state index < -0.39 is 0 Å². The molecule has 1 aliphatic heterocycles. The fraction of sp³-hybridized carbons (Fsp3) is 0.538. The number of rotatable bonds is 3. The third-order valence-electron chi connectivity index (χ3n) is 3.12. The highest BCUT2D eigenvalue weighted by Crippen LogP contribution is 2.21. The number of aliphatic hydroxyl groups excluding tert-OH is 1. The van der Waals surface area contributed by atoms with Gasteiger partial charge in [-0.2, -0.15) is 0 Å². The predicted octanol–water partition coefficient (Wildman–Crippen LogP) is 1.72. The van der Waals surface area contributed by atoms with Gasteiger partial charge in [-0.3, -0.25) is 0 Å². The molecule has 0 radical (unpaired) electrons. The van der Waals surface area contributed by atoms with E-state index in [4.69, 9.17) is 9.84 Å². The summed E-state index contributed by atoms with van der Waals surface area (Å²) < 4.78 is 5.36. The van der Waals surface area contributed by atoms with Crippen LogP contribution in [0.3, 0.4) is 0 Å². The number of benzene rings is 1. The molecule has 2 rings (SSSR count). The van der Waals surface area contributed by atoms with Crippen molar-refractivity contribution in [2.45, 2.75) is 25.4 Å². The Morgan fingerprint density at radius 3 is 2.69 bits per heavy atom. The smallest absolute Gasteiger partial charge is 0.115 e. The van der Waals surface area contributed by atoms with Crippen LogP contribution < -0.4 is 0 Å². The molecule has 2 N–H and O–H groups in total. The van der Waals surface area contributed by atoms with Crippen molar-refractivity contribution in [3.05, 3.63) is 29.8 Å². The Bertz CT molecular complexity index is 314. The molecule has 1 aromatic rings. The fourth-order valence-electron chi connectivity index (χ4n) is 2.11. The highest BCUT2D eigenvalue weighted by molar-refractivity contribution is 5.26. The van der Waals surface area contributed by atoms with Gasteiger partial charge in [0.05, 0.1) is 12.7 Å². The Kier molecular flexibility index (Phi) is 3.80. The zero-order chi connectivity index (χ0) is 11.4. The number of hydrogen-bond donors (Lipinski definition) is 2. The number of aromatic hydroxyl groups is 1. The van der Waals surface area contributed by atoms with E-state index in [1.54, 1.807) is 12.1 Å². The lowest BCUT2D eigenvalue weighted by atomic mass is 9.91. The van der Waals surface area contributed by atoms with Gasteiger partial charge in [0.15, 0.2) is 0 Å². The number of hydrogen-bond acceptors (Lipinski definition) is 3. The maximum atomic E-state index is 10.1. The predicted molar refractivity (Wildman–Crippen MR) is 61.4 cm³/mol. The SMILES string of the molecule is Oc1ccc(CC(O)C2CCCOC2)cc1. The first-order chi connectivity index (χ1) is 7.75. The second-order valence-electron chi connectivity index (χ2n) is 4.42. The average Bonchev–Trinajstić information content (AvgIpc) is 2.33. The minimum absolute atomic E-state index is 0.252. The fourth-order valence-corrected chi connectivity index (χ4v) is 2.11. The van der Waals surface area contributed by atoms with E-state index in [0.29, 0.717) is 13.0 Å². The van der Waals surface area contributed by atoms with Gasteiger partial charge in [0.1, 0.15) is 5.75 Å². The summed E-state index contributed by atoms with van der Waals surface area (Å²) in [5.74, 6) is 0.516. The first kappa shape index (κ1) is 11.4. The van der Waals surface area contributed by atoms with Gasteiger partial charge in [-0.25, -0.2) is 0 Å². The zero-order valence-electron chi connectivity index (χ0n) is 9.30. The van der Waals surface area contributed by atoms with E-state index >= 15 is 0 Å². The van der Waals surface area contributed by atoms with Gasteiger partial charge in [-0.1, -0.05) is 12.1 Å². The van der Waals surface area contributed by atoms with Gasteiger partial charge in [-0.05, 0) is 37.0 Å². The van der Waals surface area contributed by atoms with Gasteiger partial charge in [0.2, 0.25) is 0 Å². The van der Waals surface area contributed by atoms with Crippen LogP contribution in [0, 0.1) is 5.92 Å². The summed E-state index contributed by atoms with van der Waals surface area (Å²) in [7, 11) is 0. The van der Waals surface area contributed by atoms with E-state index in [0.717, 1.165) is 25.0 Å². The average molecular weight is 222 g/mol. The van der Waals surface area contributed by atoms with Crippen molar-refractivity contribution >= 4 is 0 Å². The second-order valence-corrected chi connectivity index (χ2v) is 4.42. The number of ether oxygens (including phenoxy) is 1. The lowest BCUT2D eigenvalue weighted by Gasteiger charge is -2.26. The molecule has 1 saturated heterocycles. The van der Waals surface area contributed by atoms with E-state index in [-0.39, 0.29) is 17.8 Å². The second kappa shape index (κ2) is 5.32. The van der Waals surface area contributed by atoms with Crippen LogP contribution >= 0.6 is 0 Å². The van der Waals surface area contributed by atoms with E-state index in [1.165, 1.54) is 0 Å². The lowest BCUT2D eigenvalue weighted by Crippen LogP contribution is -2.30. The molecule has 88 valence electrons. The third-order valence-corrected chi connectivity index (χ3v) is 3.12. The van der Waals surface area contributed by atoms with Crippen molar-refractivity contribution in [1.82, 2.24) is 0 Å². The topological polar surface area (TPSA) is 49.7 Å². The summed E-state index contributed by atoms with van der Waals surface area (Å²) >= 11 is 0. The molecule has 2 unspecified atom stereocenters. The molecule has 0 saturated carbocycles. The van der Waals surface area contributed by atoms with Crippen LogP contribution in [0.5, 0.6) is 5.75 Å². The zero-order valence-corrected chi connectivity index (χ0v) is 9.30. The molecule has 0 aliphatic carbocycles. The molecule has 1 fully saturated rings. The third kappa shape index (κ3) is 2.97. The maximum absolute atomic E-state index is 10.1. The van der Waals surface area contributed by atoms with Crippen LogP contribution in [0.2, 0.25) is 0 Å². The maximum Gasteiger partial charge on any atom is 0.115 e. The van der Waals surface area contributed by atoms with Crippen LogP contribution in [0.15, 0.2) is 24.3 Å². The Hall–Kier alpha value is -1.06. The highest BCUT2D eigenvalue weighted by Gasteiger charge is 2.22. The molecule has 1 aromatic carbocycles. The minimum atomic E-state index is -0.343. The summed E-state index contributed by atoms with van der Waals surface area (Å²) in [5.41, 5.74) is 1.05. The number of phenolic OH excluding ortho intramolecular Hbond substituents is 1. The molecule has 0 amide bonds. The first-order valence-electron chi connectivity index (χ1n) is 5.79. The molecule has 1 heterocycles. The Balaban J connectivity index is 1.90. The molecule has 1 aliphatic rings. The largest absolute Gasteiger partial charge is 0.508 e. The van der Waals surface area contributed by atoms with Crippen molar-refractivity contribution in [2.75, 3.05) is 13.2 Å². The van der Waals surface area contributed by atoms with Crippen molar-refractivity contribution in [3.8, 4) is 5.75 Å². The van der Waals surface area contributed by atoms with Crippen molar-refractivity contribution in [2.24, 2.45) is 5.92 Å². The van der Waals surface area contributed by atoms with E-state index in [2.05, 4.69) is 0 Å². The Morgan fingerprint density at radius 1 is 1.31 bits per heavy atom. The van der Waals surface area contributed by atoms with Gasteiger partial charge >= 0.3 is 0 Å². The van der Waals surface area contributed by atoms with Crippen LogP contribution in [-0.2, 0) is 11.2 Å². The summed E-state index contributed by atoms with van der Waals surface area (Å²) in [6.07, 6.45) is 2.37. The lowest BCUT2D eigenvalue weighted by molar-refractivity contribution is -0.00847. The monoisotopic (exact) mass is 222 g/mol. The molecule has 0 bridgehead atoms. The summed E-state index contributed by atoms with van der Waals surface area (Å²) in [6, 6.07) is 7.00. The molecular weight excluding hydrogens is 204 g/mol. The molecule has 16 heavy (non-hydrogen) atoms. The van der Waals surface area contributed by atoms with Crippen molar-refractivity contribution in [1.29, 1.82) is 0 Å². The minimum Gasteiger partial charge on any atom is -0.508 e. The Labute approximate surface area is 95.7 Å². The van der Waals surface area contributed by atoms with Gasteiger partial charge < -0.3 is 14.9 Å². The van der Waals surface area contributed by atoms with Gasteiger partial charge in [-0.15, -0.1) is 0 Å². The molecule has 2 atom stereocenters. The Morgan fingerprint density at radius 2 is 2.06 bits per heavy atom. The number of phenols is 1. The molecular formula is C13H18O3. The van der Waals surface area contributed by atoms with Crippen LogP contribution in [0.4, 0.5) is 0 Å². The van der Waals surface area contributed by atoms with Crippen LogP contribution in [0.1, 0.15) is 18.4 Å². The normalized spacial score (nSPS) is 22.9. The number of aliphatic hydroxyl groups is 1. The van der Waals surface area contributed by atoms with E-state index in [1.807, 2.05) is 12.1 Å². The summed E-state index contributed by atoms with van der Waals surface area (Å²) in [4.78, 5) is 0. The standard InChI is InChI=1S/C13H18O3/c14-12-5-3-10(4-6-12)8-13(15)11-2-1-7-16-9-11/h3-6,11,13-15H,1-2,7-9H2. The summed E-state index contributed by atoms with van der Waals surface area (Å²) in [5, 5.41) is 19.2. The highest BCUT2D eigenvalue weighted by atomic mass is 16.5. The van der Waals surface area contributed by atoms with Gasteiger partial charge in [0, 0.05) is 12.5 Å². The summed E-state index contributed by atoms with van der Waals surface area (Å²) in [6.45, 7) is 1.49. The van der Waals surface area contributed by atoms with Gasteiger partial charge in [0.25, 0.3) is 0 Å². The van der Waals surface area contributed by atoms with Crippen LogP contribution in [0.25, 0.3) is 0 Å². The quantitative estimate of drug-likeness (QED) is 0.818. The first-order valence-corrected chi connectivity index (χ1v) is 5.79. The van der Waals surface area contributed by atoms with Crippen molar-refractivity contribution in [3.63, 3.8) is 0 Å². The van der Waals surface area contributed by atoms with E-state index in [9.17, 15) is 5.11 Å². The molecule has 0 spiro atoms. The van der Waals surface area contributed by atoms with Crippen LogP contribution in [-0.4, -0.2) is 29.5 Å². The molecule has 3 nitrogen and oxygen atoms in total. The molecule has 3 heteroatoms. The van der Waals surface area contributed by atoms with Crippen molar-refractivity contribution < 1.29 is 14.9 Å².